The number of hydrogen-bond acceptors (Lipinski definition) is 5. The Balaban J connectivity index is 1.81. The summed E-state index contributed by atoms with van der Waals surface area (Å²) < 4.78 is 21.7. The minimum Gasteiger partial charge on any atom is -0.465 e. The normalized spacial score (nSPS) is 24.9. The van der Waals surface area contributed by atoms with Crippen molar-refractivity contribution in [2.45, 2.75) is 25.6 Å². The summed E-state index contributed by atoms with van der Waals surface area (Å²) in [6, 6.07) is 13.0. The molecule has 0 amide bonds. The van der Waals surface area contributed by atoms with E-state index in [1.54, 1.807) is 29.7 Å². The number of thiazole rings is 1. The molecule has 2 aliphatic rings. The summed E-state index contributed by atoms with van der Waals surface area (Å²) in [6.45, 7) is 3.29. The van der Waals surface area contributed by atoms with Crippen LogP contribution in [0.15, 0.2) is 58.3 Å². The average Bonchev–Trinajstić information content (AvgIpc) is 2.94. The number of carbonyl (C=O) groups is 1. The maximum atomic E-state index is 13.6. The van der Waals surface area contributed by atoms with Crippen LogP contribution in [-0.2, 0) is 4.79 Å². The van der Waals surface area contributed by atoms with Crippen molar-refractivity contribution in [3.05, 3.63) is 85.2 Å². The Kier molecular flexibility index (Phi) is 3.86. The fourth-order valence-electron chi connectivity index (χ4n) is 4.30. The first kappa shape index (κ1) is 18.0. The van der Waals surface area contributed by atoms with E-state index in [1.165, 1.54) is 30.4 Å². The molecule has 2 aromatic carbocycles. The number of para-hydroxylation sites is 1. The summed E-state index contributed by atoms with van der Waals surface area (Å²) in [7, 11) is 0. The fourth-order valence-corrected chi connectivity index (χ4v) is 5.40. The Morgan fingerprint density at radius 2 is 2.07 bits per heavy atom. The lowest BCUT2D eigenvalue weighted by molar-refractivity contribution is -0.132. The Hall–Kier alpha value is -3.06. The lowest BCUT2D eigenvalue weighted by Crippen LogP contribution is -2.58. The molecular formula is C22H17FN2O3S. The molecule has 1 aromatic heterocycles. The summed E-state index contributed by atoms with van der Waals surface area (Å²) in [6.07, 6.45) is 1.65. The molecular weight excluding hydrogens is 391 g/mol. The number of nitrogens with zero attached hydrogens (tertiary/aromatic N) is 2. The van der Waals surface area contributed by atoms with Crippen LogP contribution < -0.4 is 19.6 Å². The molecule has 3 heterocycles. The smallest absolute Gasteiger partial charge is 0.270 e. The van der Waals surface area contributed by atoms with Crippen LogP contribution in [0.25, 0.3) is 6.08 Å². The van der Waals surface area contributed by atoms with Crippen LogP contribution >= 0.6 is 11.3 Å². The summed E-state index contributed by atoms with van der Waals surface area (Å²) >= 11 is 1.22. The molecule has 2 bridgehead atoms. The third-order valence-electron chi connectivity index (χ3n) is 5.46. The minimum absolute atomic E-state index is 0.0878. The highest BCUT2D eigenvalue weighted by molar-refractivity contribution is 7.07. The highest BCUT2D eigenvalue weighted by Crippen LogP contribution is 2.47. The van der Waals surface area contributed by atoms with Crippen molar-refractivity contribution < 1.29 is 13.9 Å². The molecule has 29 heavy (non-hydrogen) atoms. The second-order valence-electron chi connectivity index (χ2n) is 7.46. The fraction of sp³-hybridized carbons (Fsp3) is 0.227. The zero-order valence-corrected chi connectivity index (χ0v) is 16.6. The number of fused-ring (bicyclic) bond motifs is 6. The van der Waals surface area contributed by atoms with Crippen molar-refractivity contribution in [1.82, 2.24) is 4.57 Å². The van der Waals surface area contributed by atoms with Crippen LogP contribution in [-0.4, -0.2) is 16.1 Å². The van der Waals surface area contributed by atoms with Crippen LogP contribution in [0.1, 0.15) is 31.0 Å². The Labute approximate surface area is 169 Å². The number of ether oxygens (including phenoxy) is 1. The molecule has 5 rings (SSSR count). The lowest BCUT2D eigenvalue weighted by atomic mass is 9.79. The molecule has 0 aliphatic carbocycles. The van der Waals surface area contributed by atoms with Gasteiger partial charge in [0.1, 0.15) is 23.3 Å². The van der Waals surface area contributed by atoms with E-state index >= 15 is 0 Å². The van der Waals surface area contributed by atoms with Crippen LogP contribution in [0.4, 0.5) is 4.39 Å². The second-order valence-corrected chi connectivity index (χ2v) is 8.47. The Morgan fingerprint density at radius 1 is 1.28 bits per heavy atom. The van der Waals surface area contributed by atoms with E-state index < -0.39 is 17.7 Å². The van der Waals surface area contributed by atoms with Gasteiger partial charge in [-0.3, -0.25) is 14.2 Å². The van der Waals surface area contributed by atoms with Crippen molar-refractivity contribution in [3.63, 3.8) is 0 Å². The third kappa shape index (κ3) is 2.68. The zero-order valence-electron chi connectivity index (χ0n) is 15.8. The predicted octanol–water partition coefficient (Wildman–Crippen LogP) is 2.41. The van der Waals surface area contributed by atoms with Crippen molar-refractivity contribution in [2.75, 3.05) is 0 Å². The van der Waals surface area contributed by atoms with Gasteiger partial charge in [-0.2, -0.15) is 0 Å². The van der Waals surface area contributed by atoms with E-state index in [2.05, 4.69) is 4.99 Å². The topological polar surface area (TPSA) is 60.7 Å². The van der Waals surface area contributed by atoms with E-state index in [9.17, 15) is 14.0 Å². The second kappa shape index (κ2) is 6.22. The first-order chi connectivity index (χ1) is 13.9. The molecule has 146 valence electrons. The number of aromatic nitrogens is 1. The Bertz CT molecular complexity index is 1340. The highest BCUT2D eigenvalue weighted by Gasteiger charge is 2.53. The van der Waals surface area contributed by atoms with Gasteiger partial charge in [-0.15, -0.1) is 0 Å². The van der Waals surface area contributed by atoms with E-state index in [4.69, 9.17) is 4.74 Å². The molecule has 7 heteroatoms. The number of ketones is 1. The van der Waals surface area contributed by atoms with Crippen molar-refractivity contribution in [3.8, 4) is 5.75 Å². The predicted molar refractivity (Wildman–Crippen MR) is 107 cm³/mol. The summed E-state index contributed by atoms with van der Waals surface area (Å²) in [5.41, 5.74) is 0.0555. The monoisotopic (exact) mass is 408 g/mol. The molecule has 0 radical (unpaired) electrons. The molecule has 3 atom stereocenters. The van der Waals surface area contributed by atoms with Gasteiger partial charge in [0.05, 0.1) is 10.6 Å². The molecule has 0 N–H and O–H groups in total. The van der Waals surface area contributed by atoms with Crippen molar-refractivity contribution >= 4 is 23.2 Å². The number of carbonyl (C=O) groups excluding carboxylic acids is 1. The first-order valence-electron chi connectivity index (χ1n) is 9.24. The standard InChI is InChI=1S/C22H17FN2O3S/c1-12(26)18-19-15-8-3-4-9-16(15)28-22(18,2)24-21-25(19)20(27)17(29-21)11-13-6-5-7-14(23)10-13/h3-11,18-19H,1-2H3/b17-11-. The van der Waals surface area contributed by atoms with E-state index in [0.717, 1.165) is 5.56 Å². The molecule has 0 saturated heterocycles. The van der Waals surface area contributed by atoms with Gasteiger partial charge < -0.3 is 4.74 Å². The van der Waals surface area contributed by atoms with Crippen LogP contribution in [0.3, 0.4) is 0 Å². The highest BCUT2D eigenvalue weighted by atomic mass is 32.1. The van der Waals surface area contributed by atoms with Gasteiger partial charge in [0.15, 0.2) is 4.80 Å². The van der Waals surface area contributed by atoms with Crippen molar-refractivity contribution in [1.29, 1.82) is 0 Å². The number of Topliss-reactive ketones (excluding diaryl/α,β-unsaturated/α-hetero) is 1. The first-order valence-corrected chi connectivity index (χ1v) is 10.1. The lowest BCUT2D eigenvalue weighted by Gasteiger charge is -2.45. The summed E-state index contributed by atoms with van der Waals surface area (Å²) in [4.78, 5) is 31.1. The van der Waals surface area contributed by atoms with Crippen molar-refractivity contribution in [2.24, 2.45) is 10.9 Å². The molecule has 0 saturated carbocycles. The number of halogens is 1. The van der Waals surface area contributed by atoms with Crippen LogP contribution in [0.2, 0.25) is 0 Å². The zero-order chi connectivity index (χ0) is 20.3. The quantitative estimate of drug-likeness (QED) is 0.654. The van der Waals surface area contributed by atoms with Gasteiger partial charge in [-0.25, -0.2) is 9.38 Å². The van der Waals surface area contributed by atoms with Gasteiger partial charge in [0.2, 0.25) is 5.72 Å². The maximum Gasteiger partial charge on any atom is 0.270 e. The molecule has 0 fully saturated rings. The van der Waals surface area contributed by atoms with Gasteiger partial charge in [-0.1, -0.05) is 41.7 Å². The molecule has 2 aliphatic heterocycles. The largest absolute Gasteiger partial charge is 0.465 e. The maximum absolute atomic E-state index is 13.6. The number of benzene rings is 2. The van der Waals surface area contributed by atoms with Gasteiger partial charge in [0, 0.05) is 5.56 Å². The average molecular weight is 408 g/mol. The molecule has 5 nitrogen and oxygen atoms in total. The van der Waals surface area contributed by atoms with E-state index in [-0.39, 0.29) is 17.2 Å². The van der Waals surface area contributed by atoms with Gasteiger partial charge in [-0.05, 0) is 43.7 Å². The number of rotatable bonds is 2. The van der Waals surface area contributed by atoms with Gasteiger partial charge in [0.25, 0.3) is 5.56 Å². The van der Waals surface area contributed by atoms with Gasteiger partial charge >= 0.3 is 0 Å². The van der Waals surface area contributed by atoms with Crippen LogP contribution in [0, 0.1) is 11.7 Å². The van der Waals surface area contributed by atoms with E-state index in [1.807, 2.05) is 24.3 Å². The Morgan fingerprint density at radius 3 is 2.83 bits per heavy atom. The van der Waals surface area contributed by atoms with Crippen LogP contribution in [0.5, 0.6) is 5.75 Å². The summed E-state index contributed by atoms with van der Waals surface area (Å²) in [5, 5.41) is 0. The summed E-state index contributed by atoms with van der Waals surface area (Å²) in [5.74, 6) is -0.442. The van der Waals surface area contributed by atoms with E-state index in [0.29, 0.717) is 20.6 Å². The molecule has 3 aromatic rings. The minimum atomic E-state index is -1.09. The third-order valence-corrected chi connectivity index (χ3v) is 6.45. The SMILES string of the molecule is CC(=O)C1C2c3ccccc3OC1(C)N=c1s/c(=C\c3cccc(F)c3)c(=O)n12. The molecule has 0 spiro atoms. The molecule has 3 unspecified atom stereocenters. The number of hydrogen-bond donors (Lipinski definition) is 0.